The minimum Gasteiger partial charge on any atom is -0.390 e. The summed E-state index contributed by atoms with van der Waals surface area (Å²) < 4.78 is 0. The highest BCUT2D eigenvalue weighted by atomic mass is 16.3. The Balaban J connectivity index is 1.18. The maximum absolute atomic E-state index is 12.8. The number of hydrogen-bond acceptors (Lipinski definition) is 3. The third kappa shape index (κ3) is 3.51. The molecule has 2 aliphatic rings. The van der Waals surface area contributed by atoms with Crippen LogP contribution in [0.1, 0.15) is 48.5 Å². The van der Waals surface area contributed by atoms with E-state index in [0.29, 0.717) is 12.5 Å². The Bertz CT molecular complexity index is 1070. The Morgan fingerprint density at radius 2 is 1.73 bits per heavy atom. The first-order valence-electron chi connectivity index (χ1n) is 10.9. The molecule has 3 N–H and O–H groups in total. The van der Waals surface area contributed by atoms with Crippen molar-refractivity contribution in [2.75, 3.05) is 0 Å². The van der Waals surface area contributed by atoms with Crippen molar-refractivity contribution in [1.82, 2.24) is 10.6 Å². The number of fused-ring (bicyclic) bond motifs is 2. The zero-order chi connectivity index (χ0) is 20.7. The van der Waals surface area contributed by atoms with Crippen LogP contribution in [0.5, 0.6) is 0 Å². The first kappa shape index (κ1) is 19.3. The zero-order valence-electron chi connectivity index (χ0n) is 17.2. The number of amides is 1. The van der Waals surface area contributed by atoms with E-state index in [0.717, 1.165) is 24.0 Å². The molecular formula is C26H28N2O2. The molecule has 3 aromatic carbocycles. The van der Waals surface area contributed by atoms with E-state index in [1.54, 1.807) is 0 Å². The zero-order valence-corrected chi connectivity index (χ0v) is 17.2. The molecule has 1 amide bonds. The molecule has 30 heavy (non-hydrogen) atoms. The number of carbonyl (C=O) groups excluding carboxylic acids is 1. The molecule has 0 aromatic heterocycles. The largest absolute Gasteiger partial charge is 0.390 e. The van der Waals surface area contributed by atoms with Crippen LogP contribution < -0.4 is 10.6 Å². The van der Waals surface area contributed by atoms with Gasteiger partial charge in [0.1, 0.15) is 0 Å². The average Bonchev–Trinajstić information content (AvgIpc) is 3.04. The minimum absolute atomic E-state index is 0.0159. The van der Waals surface area contributed by atoms with Gasteiger partial charge in [-0.1, -0.05) is 66.7 Å². The Hall–Kier alpha value is -2.69. The smallest absolute Gasteiger partial charge is 0.223 e. The topological polar surface area (TPSA) is 61.4 Å². The van der Waals surface area contributed by atoms with Gasteiger partial charge in [-0.15, -0.1) is 0 Å². The van der Waals surface area contributed by atoms with Crippen LogP contribution in [0, 0.1) is 5.92 Å². The summed E-state index contributed by atoms with van der Waals surface area (Å²) in [5.74, 6) is 0.0776. The van der Waals surface area contributed by atoms with E-state index in [9.17, 15) is 9.90 Å². The molecule has 0 saturated heterocycles. The average molecular weight is 401 g/mol. The molecule has 1 fully saturated rings. The highest BCUT2D eigenvalue weighted by molar-refractivity contribution is 5.86. The van der Waals surface area contributed by atoms with Crippen LogP contribution in [0.4, 0.5) is 0 Å². The second-order valence-electron chi connectivity index (χ2n) is 8.78. The fourth-order valence-electron chi connectivity index (χ4n) is 5.06. The van der Waals surface area contributed by atoms with Gasteiger partial charge in [-0.25, -0.2) is 0 Å². The van der Waals surface area contributed by atoms with E-state index in [4.69, 9.17) is 0 Å². The second-order valence-corrected chi connectivity index (χ2v) is 8.78. The van der Waals surface area contributed by atoms with E-state index in [1.807, 2.05) is 24.3 Å². The lowest BCUT2D eigenvalue weighted by atomic mass is 9.78. The lowest BCUT2D eigenvalue weighted by Crippen LogP contribution is -2.49. The number of benzene rings is 3. The van der Waals surface area contributed by atoms with Crippen LogP contribution in [0.15, 0.2) is 66.7 Å². The summed E-state index contributed by atoms with van der Waals surface area (Å²) in [4.78, 5) is 12.8. The molecule has 0 spiro atoms. The van der Waals surface area contributed by atoms with E-state index in [2.05, 4.69) is 60.0 Å². The molecular weight excluding hydrogens is 372 g/mol. The second kappa shape index (κ2) is 7.86. The number of carbonyl (C=O) groups is 1. The van der Waals surface area contributed by atoms with Gasteiger partial charge in [0.2, 0.25) is 5.91 Å². The van der Waals surface area contributed by atoms with Crippen LogP contribution in [0.2, 0.25) is 0 Å². The molecule has 3 aromatic rings. The normalized spacial score (nSPS) is 26.1. The molecule has 4 nitrogen and oxygen atoms in total. The molecule has 3 atom stereocenters. The molecule has 0 bridgehead atoms. The van der Waals surface area contributed by atoms with Crippen molar-refractivity contribution in [2.45, 2.75) is 50.4 Å². The van der Waals surface area contributed by atoms with Crippen LogP contribution in [-0.2, 0) is 11.2 Å². The van der Waals surface area contributed by atoms with E-state index >= 15 is 0 Å². The molecule has 154 valence electrons. The molecule has 2 unspecified atom stereocenters. The van der Waals surface area contributed by atoms with Crippen molar-refractivity contribution in [3.63, 3.8) is 0 Å². The van der Waals surface area contributed by atoms with Gasteiger partial charge in [-0.2, -0.15) is 0 Å². The van der Waals surface area contributed by atoms with Crippen LogP contribution in [-0.4, -0.2) is 23.2 Å². The maximum Gasteiger partial charge on any atom is 0.223 e. The van der Waals surface area contributed by atoms with Gasteiger partial charge in [0.15, 0.2) is 0 Å². The van der Waals surface area contributed by atoms with Gasteiger partial charge >= 0.3 is 0 Å². The van der Waals surface area contributed by atoms with E-state index < -0.39 is 6.10 Å². The van der Waals surface area contributed by atoms with E-state index in [-0.39, 0.29) is 23.9 Å². The molecule has 5 rings (SSSR count). The lowest BCUT2D eigenvalue weighted by molar-refractivity contribution is -0.129. The Labute approximate surface area is 177 Å². The lowest BCUT2D eigenvalue weighted by Gasteiger charge is -2.38. The van der Waals surface area contributed by atoms with Crippen molar-refractivity contribution in [3.8, 4) is 0 Å². The molecule has 2 aliphatic carbocycles. The van der Waals surface area contributed by atoms with Gasteiger partial charge in [-0.05, 0) is 47.2 Å². The van der Waals surface area contributed by atoms with Gasteiger partial charge in [-0.3, -0.25) is 4.79 Å². The van der Waals surface area contributed by atoms with Crippen molar-refractivity contribution >= 4 is 16.7 Å². The number of aliphatic hydroxyl groups is 1. The monoisotopic (exact) mass is 400 g/mol. The van der Waals surface area contributed by atoms with Crippen molar-refractivity contribution < 1.29 is 9.90 Å². The van der Waals surface area contributed by atoms with Crippen LogP contribution in [0.25, 0.3) is 10.8 Å². The summed E-state index contributed by atoms with van der Waals surface area (Å²) >= 11 is 0. The minimum atomic E-state index is -0.535. The molecule has 1 saturated carbocycles. The third-order valence-corrected chi connectivity index (χ3v) is 6.79. The summed E-state index contributed by atoms with van der Waals surface area (Å²) in [6.45, 7) is 2.20. The molecule has 4 heteroatoms. The predicted octanol–water partition coefficient (Wildman–Crippen LogP) is 4.04. The van der Waals surface area contributed by atoms with Gasteiger partial charge in [0.05, 0.1) is 12.1 Å². The van der Waals surface area contributed by atoms with Crippen molar-refractivity contribution in [3.05, 3.63) is 83.4 Å². The number of hydrogen-bond donors (Lipinski definition) is 3. The molecule has 0 radical (unpaired) electrons. The standard InChI is InChI=1S/C26H28N2O2/c1-16(21-12-6-9-17-7-2-4-10-22(17)21)27-20-13-19(14-20)26(30)28-25-23-11-5-3-8-18(23)15-24(25)29/h2-12,16,19-20,24-25,27,29H,13-15H2,1H3,(H,28,30)/t16-,19?,20?,24?,25?/m1/s1. The maximum atomic E-state index is 12.8. The quantitative estimate of drug-likeness (QED) is 0.606. The van der Waals surface area contributed by atoms with Crippen LogP contribution >= 0.6 is 0 Å². The van der Waals surface area contributed by atoms with Gasteiger partial charge in [0.25, 0.3) is 0 Å². The summed E-state index contributed by atoms with van der Waals surface area (Å²) in [5, 5.41) is 19.7. The van der Waals surface area contributed by atoms with Crippen LogP contribution in [0.3, 0.4) is 0 Å². The Morgan fingerprint density at radius 3 is 2.60 bits per heavy atom. The number of aliphatic hydroxyl groups excluding tert-OH is 1. The third-order valence-electron chi connectivity index (χ3n) is 6.79. The Kier molecular flexibility index (Phi) is 5.05. The summed E-state index contributed by atoms with van der Waals surface area (Å²) in [6, 6.07) is 23.2. The first-order valence-corrected chi connectivity index (χ1v) is 10.9. The molecule has 0 aliphatic heterocycles. The van der Waals surface area contributed by atoms with E-state index in [1.165, 1.54) is 16.3 Å². The fourth-order valence-corrected chi connectivity index (χ4v) is 5.06. The highest BCUT2D eigenvalue weighted by Gasteiger charge is 2.38. The predicted molar refractivity (Wildman–Crippen MR) is 119 cm³/mol. The fraction of sp³-hybridized carbons (Fsp3) is 0.346. The molecule has 0 heterocycles. The number of rotatable bonds is 5. The van der Waals surface area contributed by atoms with Gasteiger partial charge < -0.3 is 15.7 Å². The SMILES string of the molecule is C[C@@H](NC1CC(C(=O)NC2c3ccccc3CC2O)C1)c1cccc2ccccc12. The van der Waals surface area contributed by atoms with Crippen molar-refractivity contribution in [1.29, 1.82) is 0 Å². The summed E-state index contributed by atoms with van der Waals surface area (Å²) in [7, 11) is 0. The highest BCUT2D eigenvalue weighted by Crippen LogP contribution is 2.35. The van der Waals surface area contributed by atoms with Crippen molar-refractivity contribution in [2.24, 2.45) is 5.92 Å². The summed E-state index contributed by atoms with van der Waals surface area (Å²) in [5.41, 5.74) is 3.48. The first-order chi connectivity index (χ1) is 14.6. The van der Waals surface area contributed by atoms with Gasteiger partial charge in [0, 0.05) is 24.4 Å². The Morgan fingerprint density at radius 1 is 1.00 bits per heavy atom. The summed E-state index contributed by atoms with van der Waals surface area (Å²) in [6.07, 6.45) is 1.75. The number of nitrogens with one attached hydrogen (secondary N) is 2.